The van der Waals surface area contributed by atoms with Gasteiger partial charge < -0.3 is 10.2 Å². The Balaban J connectivity index is 1.76. The van der Waals surface area contributed by atoms with Gasteiger partial charge in [0, 0.05) is 24.6 Å². The highest BCUT2D eigenvalue weighted by molar-refractivity contribution is 5.93. The smallest absolute Gasteiger partial charge is 0.254 e. The monoisotopic (exact) mass is 374 g/mol. The molecule has 0 aliphatic heterocycles. The number of aromatic nitrogens is 2. The van der Waals surface area contributed by atoms with Gasteiger partial charge in [-0.3, -0.25) is 4.79 Å². The first kappa shape index (κ1) is 19.5. The minimum atomic E-state index is -0.128. The Morgan fingerprint density at radius 1 is 0.929 bits per heavy atom. The average molecular weight is 374 g/mol. The van der Waals surface area contributed by atoms with Gasteiger partial charge in [-0.2, -0.15) is 0 Å². The molecule has 0 unspecified atom stereocenters. The fourth-order valence-electron chi connectivity index (χ4n) is 2.91. The van der Waals surface area contributed by atoms with Crippen LogP contribution in [-0.2, 0) is 6.54 Å². The average Bonchev–Trinajstić information content (AvgIpc) is 2.76. The highest BCUT2D eigenvalue weighted by Crippen LogP contribution is 2.24. The van der Waals surface area contributed by atoms with E-state index in [1.165, 1.54) is 0 Å². The van der Waals surface area contributed by atoms with Crippen molar-refractivity contribution in [2.24, 2.45) is 0 Å². The number of rotatable bonds is 9. The maximum atomic E-state index is 12.2. The molecular weight excluding hydrogens is 348 g/mol. The zero-order valence-electron chi connectivity index (χ0n) is 16.2. The van der Waals surface area contributed by atoms with Gasteiger partial charge in [0.1, 0.15) is 0 Å². The second kappa shape index (κ2) is 10.2. The van der Waals surface area contributed by atoms with E-state index in [2.05, 4.69) is 34.3 Å². The summed E-state index contributed by atoms with van der Waals surface area (Å²) in [7, 11) is 0. The molecule has 0 aliphatic rings. The van der Waals surface area contributed by atoms with E-state index in [0.717, 1.165) is 30.5 Å². The second-order valence-electron chi connectivity index (χ2n) is 6.64. The van der Waals surface area contributed by atoms with Crippen molar-refractivity contribution in [3.05, 3.63) is 84.2 Å². The van der Waals surface area contributed by atoms with Gasteiger partial charge in [-0.05, 0) is 24.1 Å². The first-order valence-corrected chi connectivity index (χ1v) is 9.74. The van der Waals surface area contributed by atoms with Gasteiger partial charge in [-0.15, -0.1) is 0 Å². The number of hydrogen-bond donors (Lipinski definition) is 1. The molecule has 2 aromatic carbocycles. The largest absolute Gasteiger partial charge is 0.352 e. The Hall–Kier alpha value is -3.21. The fraction of sp³-hybridized carbons (Fsp3) is 0.261. The Morgan fingerprint density at radius 2 is 1.57 bits per heavy atom. The van der Waals surface area contributed by atoms with Gasteiger partial charge in [0.2, 0.25) is 5.95 Å². The Kier molecular flexibility index (Phi) is 7.13. The molecule has 0 aliphatic carbocycles. The number of para-hydroxylation sites is 1. The highest BCUT2D eigenvalue weighted by atomic mass is 16.1. The van der Waals surface area contributed by atoms with Crippen LogP contribution in [0.5, 0.6) is 0 Å². The van der Waals surface area contributed by atoms with Crippen molar-refractivity contribution in [3.63, 3.8) is 0 Å². The van der Waals surface area contributed by atoms with Crippen LogP contribution in [0.2, 0.25) is 0 Å². The Morgan fingerprint density at radius 3 is 2.21 bits per heavy atom. The summed E-state index contributed by atoms with van der Waals surface area (Å²) in [6.45, 7) is 3.47. The molecule has 1 amide bonds. The molecule has 28 heavy (non-hydrogen) atoms. The van der Waals surface area contributed by atoms with Crippen LogP contribution in [0.15, 0.2) is 73.1 Å². The first-order valence-electron chi connectivity index (χ1n) is 9.74. The molecule has 0 atom stereocenters. The minimum absolute atomic E-state index is 0.128. The van der Waals surface area contributed by atoms with Crippen molar-refractivity contribution < 1.29 is 4.79 Å². The molecule has 1 N–H and O–H groups in total. The molecule has 5 heteroatoms. The lowest BCUT2D eigenvalue weighted by atomic mass is 10.2. The van der Waals surface area contributed by atoms with Crippen LogP contribution in [-0.4, -0.2) is 22.4 Å². The van der Waals surface area contributed by atoms with Crippen molar-refractivity contribution >= 4 is 17.5 Å². The number of carbonyl (C=O) groups is 1. The molecule has 3 aromatic rings. The van der Waals surface area contributed by atoms with Crippen LogP contribution in [0.25, 0.3) is 0 Å². The van der Waals surface area contributed by atoms with E-state index >= 15 is 0 Å². The van der Waals surface area contributed by atoms with Crippen molar-refractivity contribution in [3.8, 4) is 0 Å². The predicted molar refractivity (Wildman–Crippen MR) is 113 cm³/mol. The molecule has 144 valence electrons. The van der Waals surface area contributed by atoms with Crippen molar-refractivity contribution in [2.45, 2.75) is 32.7 Å². The Labute approximate surface area is 166 Å². The first-order chi connectivity index (χ1) is 13.8. The molecule has 1 aromatic heterocycles. The van der Waals surface area contributed by atoms with Crippen molar-refractivity contribution in [1.82, 2.24) is 15.3 Å². The number of nitrogens with zero attached hydrogens (tertiary/aromatic N) is 3. The molecule has 0 saturated heterocycles. The van der Waals surface area contributed by atoms with Gasteiger partial charge in [-0.1, -0.05) is 68.3 Å². The topological polar surface area (TPSA) is 58.1 Å². The summed E-state index contributed by atoms with van der Waals surface area (Å²) in [4.78, 5) is 23.2. The van der Waals surface area contributed by atoms with Crippen molar-refractivity contribution in [1.29, 1.82) is 0 Å². The van der Waals surface area contributed by atoms with Crippen LogP contribution in [0.1, 0.15) is 42.1 Å². The summed E-state index contributed by atoms with van der Waals surface area (Å²) in [5.74, 6) is 0.439. The number of benzene rings is 2. The molecule has 0 spiro atoms. The zero-order valence-corrected chi connectivity index (χ0v) is 16.2. The van der Waals surface area contributed by atoms with E-state index in [-0.39, 0.29) is 5.91 Å². The van der Waals surface area contributed by atoms with E-state index in [9.17, 15) is 4.79 Å². The van der Waals surface area contributed by atoms with Gasteiger partial charge in [0.25, 0.3) is 5.91 Å². The lowest BCUT2D eigenvalue weighted by molar-refractivity contribution is 0.0952. The number of hydrogen-bond acceptors (Lipinski definition) is 4. The number of anilines is 2. The lowest BCUT2D eigenvalue weighted by Gasteiger charge is -2.23. The highest BCUT2D eigenvalue weighted by Gasteiger charge is 2.14. The SMILES string of the molecule is CCCCCNC(=O)c1cnc(N(Cc2ccccc2)c2ccccc2)nc1. The molecule has 0 fully saturated rings. The van der Waals surface area contributed by atoms with E-state index in [1.807, 2.05) is 53.4 Å². The fourth-order valence-corrected chi connectivity index (χ4v) is 2.91. The predicted octanol–water partition coefficient (Wildman–Crippen LogP) is 4.73. The van der Waals surface area contributed by atoms with Gasteiger partial charge in [-0.25, -0.2) is 9.97 Å². The summed E-state index contributed by atoms with van der Waals surface area (Å²) in [5.41, 5.74) is 2.64. The quantitative estimate of drug-likeness (QED) is 0.550. The third kappa shape index (κ3) is 5.39. The summed E-state index contributed by atoms with van der Waals surface area (Å²) < 4.78 is 0. The third-order valence-electron chi connectivity index (χ3n) is 4.46. The summed E-state index contributed by atoms with van der Waals surface area (Å²) in [5, 5.41) is 2.92. The third-order valence-corrected chi connectivity index (χ3v) is 4.46. The van der Waals surface area contributed by atoms with Crippen LogP contribution < -0.4 is 10.2 Å². The maximum Gasteiger partial charge on any atom is 0.254 e. The molecule has 3 rings (SSSR count). The summed E-state index contributed by atoms with van der Waals surface area (Å²) in [6, 6.07) is 20.2. The number of amides is 1. The molecule has 0 bridgehead atoms. The number of nitrogens with one attached hydrogen (secondary N) is 1. The Bertz CT molecular complexity index is 851. The van der Waals surface area contributed by atoms with Crippen LogP contribution >= 0.6 is 0 Å². The number of unbranched alkanes of at least 4 members (excludes halogenated alkanes) is 2. The van der Waals surface area contributed by atoms with E-state index in [4.69, 9.17) is 0 Å². The van der Waals surface area contributed by atoms with Gasteiger partial charge in [0.15, 0.2) is 0 Å². The van der Waals surface area contributed by atoms with Gasteiger partial charge in [0.05, 0.1) is 12.1 Å². The van der Waals surface area contributed by atoms with E-state index in [1.54, 1.807) is 12.4 Å². The maximum absolute atomic E-state index is 12.2. The normalized spacial score (nSPS) is 10.5. The standard InChI is InChI=1S/C23H26N4O/c1-2-3-10-15-24-22(28)20-16-25-23(26-17-20)27(21-13-8-5-9-14-21)18-19-11-6-4-7-12-19/h4-9,11-14,16-17H,2-3,10,15,18H2,1H3,(H,24,28). The van der Waals surface area contributed by atoms with E-state index < -0.39 is 0 Å². The molecule has 0 radical (unpaired) electrons. The molecule has 0 saturated carbocycles. The summed E-state index contributed by atoms with van der Waals surface area (Å²) in [6.07, 6.45) is 6.42. The second-order valence-corrected chi connectivity index (χ2v) is 6.64. The van der Waals surface area contributed by atoms with Gasteiger partial charge >= 0.3 is 0 Å². The summed E-state index contributed by atoms with van der Waals surface area (Å²) >= 11 is 0. The minimum Gasteiger partial charge on any atom is -0.352 e. The molecular formula is C23H26N4O. The molecule has 1 heterocycles. The number of carbonyl (C=O) groups excluding carboxylic acids is 1. The van der Waals surface area contributed by atoms with Crippen LogP contribution in [0.4, 0.5) is 11.6 Å². The van der Waals surface area contributed by atoms with E-state index in [0.29, 0.717) is 24.6 Å². The molecule has 5 nitrogen and oxygen atoms in total. The lowest BCUT2D eigenvalue weighted by Crippen LogP contribution is -2.25. The van der Waals surface area contributed by atoms with Crippen molar-refractivity contribution in [2.75, 3.05) is 11.4 Å². The van der Waals surface area contributed by atoms with Crippen LogP contribution in [0, 0.1) is 0 Å². The zero-order chi connectivity index (χ0) is 19.6. The van der Waals surface area contributed by atoms with Crippen LogP contribution in [0.3, 0.4) is 0 Å².